The maximum absolute atomic E-state index is 12.3. The van der Waals surface area contributed by atoms with Crippen molar-refractivity contribution in [2.24, 2.45) is 0 Å². The SMILES string of the molecule is Cc1ccc(C(=O)NCCn2nc(-c3ccccc3)ccc2=O)cc1[N+](=O)[O-]. The van der Waals surface area contributed by atoms with E-state index in [-0.39, 0.29) is 29.9 Å². The lowest BCUT2D eigenvalue weighted by atomic mass is 10.1. The second-order valence-corrected chi connectivity index (χ2v) is 6.16. The maximum Gasteiger partial charge on any atom is 0.273 e. The van der Waals surface area contributed by atoms with Gasteiger partial charge in [0.2, 0.25) is 0 Å². The molecule has 1 aromatic heterocycles. The van der Waals surface area contributed by atoms with E-state index in [1.165, 1.54) is 28.9 Å². The number of nitrogens with zero attached hydrogens (tertiary/aromatic N) is 3. The summed E-state index contributed by atoms with van der Waals surface area (Å²) in [7, 11) is 0. The standard InChI is InChI=1S/C20H18N4O4/c1-14-7-8-16(13-18(14)24(27)28)20(26)21-11-12-23-19(25)10-9-17(22-23)15-5-3-2-4-6-15/h2-10,13H,11-12H2,1H3,(H,21,26). The Labute approximate surface area is 160 Å². The zero-order valence-electron chi connectivity index (χ0n) is 15.2. The number of benzene rings is 2. The highest BCUT2D eigenvalue weighted by Crippen LogP contribution is 2.19. The zero-order valence-corrected chi connectivity index (χ0v) is 15.2. The van der Waals surface area contributed by atoms with Gasteiger partial charge in [-0.15, -0.1) is 0 Å². The van der Waals surface area contributed by atoms with Gasteiger partial charge in [-0.1, -0.05) is 36.4 Å². The number of hydrogen-bond acceptors (Lipinski definition) is 5. The maximum atomic E-state index is 12.3. The fourth-order valence-corrected chi connectivity index (χ4v) is 2.70. The molecule has 0 spiro atoms. The predicted molar refractivity (Wildman–Crippen MR) is 104 cm³/mol. The third-order valence-corrected chi connectivity index (χ3v) is 4.21. The zero-order chi connectivity index (χ0) is 20.1. The molecule has 2 aromatic carbocycles. The van der Waals surface area contributed by atoms with Crippen LogP contribution in [0.2, 0.25) is 0 Å². The number of amides is 1. The van der Waals surface area contributed by atoms with Gasteiger partial charge in [-0.25, -0.2) is 4.68 Å². The Balaban J connectivity index is 1.68. The van der Waals surface area contributed by atoms with Gasteiger partial charge in [-0.05, 0) is 19.1 Å². The Hall–Kier alpha value is -3.81. The molecule has 0 aliphatic rings. The highest BCUT2D eigenvalue weighted by atomic mass is 16.6. The van der Waals surface area contributed by atoms with Gasteiger partial charge in [0.05, 0.1) is 17.2 Å². The third kappa shape index (κ3) is 4.29. The van der Waals surface area contributed by atoms with E-state index in [2.05, 4.69) is 10.4 Å². The average Bonchev–Trinajstić information content (AvgIpc) is 2.70. The Bertz CT molecular complexity index is 1080. The van der Waals surface area contributed by atoms with Crippen molar-refractivity contribution in [1.29, 1.82) is 0 Å². The van der Waals surface area contributed by atoms with Crippen molar-refractivity contribution >= 4 is 11.6 Å². The average molecular weight is 378 g/mol. The fourth-order valence-electron chi connectivity index (χ4n) is 2.70. The van der Waals surface area contributed by atoms with Crippen LogP contribution in [0, 0.1) is 17.0 Å². The monoisotopic (exact) mass is 378 g/mol. The van der Waals surface area contributed by atoms with Crippen molar-refractivity contribution in [1.82, 2.24) is 15.1 Å². The minimum Gasteiger partial charge on any atom is -0.350 e. The van der Waals surface area contributed by atoms with Gasteiger partial charge in [0, 0.05) is 35.4 Å². The number of rotatable bonds is 6. The normalized spacial score (nSPS) is 10.5. The van der Waals surface area contributed by atoms with Crippen LogP contribution < -0.4 is 10.9 Å². The summed E-state index contributed by atoms with van der Waals surface area (Å²) in [6.07, 6.45) is 0. The number of carbonyl (C=O) groups excluding carboxylic acids is 1. The summed E-state index contributed by atoms with van der Waals surface area (Å²) in [6, 6.07) is 16.8. The summed E-state index contributed by atoms with van der Waals surface area (Å²) < 4.78 is 1.28. The topological polar surface area (TPSA) is 107 Å². The molecule has 0 radical (unpaired) electrons. The summed E-state index contributed by atoms with van der Waals surface area (Å²) in [5.74, 6) is -0.449. The number of carbonyl (C=O) groups is 1. The van der Waals surface area contributed by atoms with Gasteiger partial charge in [0.1, 0.15) is 0 Å². The number of aryl methyl sites for hydroxylation is 1. The van der Waals surface area contributed by atoms with E-state index in [1.807, 2.05) is 30.3 Å². The second kappa shape index (κ2) is 8.26. The van der Waals surface area contributed by atoms with E-state index in [0.717, 1.165) is 5.56 Å². The minimum absolute atomic E-state index is 0.110. The van der Waals surface area contributed by atoms with Crippen molar-refractivity contribution in [3.63, 3.8) is 0 Å². The molecule has 0 fully saturated rings. The van der Waals surface area contributed by atoms with Crippen molar-refractivity contribution < 1.29 is 9.72 Å². The van der Waals surface area contributed by atoms with Crippen LogP contribution in [0.5, 0.6) is 0 Å². The van der Waals surface area contributed by atoms with Crippen LogP contribution in [0.25, 0.3) is 11.3 Å². The van der Waals surface area contributed by atoms with Crippen LogP contribution in [0.1, 0.15) is 15.9 Å². The molecule has 8 heteroatoms. The Kier molecular flexibility index (Phi) is 5.59. The van der Waals surface area contributed by atoms with E-state index >= 15 is 0 Å². The first kappa shape index (κ1) is 19.0. The van der Waals surface area contributed by atoms with Crippen molar-refractivity contribution in [2.75, 3.05) is 6.54 Å². The lowest BCUT2D eigenvalue weighted by molar-refractivity contribution is -0.385. The van der Waals surface area contributed by atoms with E-state index in [0.29, 0.717) is 11.3 Å². The number of nitrogens with one attached hydrogen (secondary N) is 1. The molecule has 0 saturated carbocycles. The lowest BCUT2D eigenvalue weighted by Gasteiger charge is -2.09. The molecule has 8 nitrogen and oxygen atoms in total. The Morgan fingerprint density at radius 3 is 2.61 bits per heavy atom. The molecule has 1 heterocycles. The van der Waals surface area contributed by atoms with Gasteiger partial charge < -0.3 is 5.32 Å². The number of nitro groups is 1. The van der Waals surface area contributed by atoms with E-state index in [4.69, 9.17) is 0 Å². The molecule has 0 aliphatic heterocycles. The first-order valence-corrected chi connectivity index (χ1v) is 8.62. The summed E-state index contributed by atoms with van der Waals surface area (Å²) >= 11 is 0. The molecule has 142 valence electrons. The van der Waals surface area contributed by atoms with Gasteiger partial charge in [0.15, 0.2) is 0 Å². The Morgan fingerprint density at radius 2 is 1.89 bits per heavy atom. The van der Waals surface area contributed by atoms with Crippen molar-refractivity contribution in [2.45, 2.75) is 13.5 Å². The van der Waals surface area contributed by atoms with Gasteiger partial charge in [-0.2, -0.15) is 5.10 Å². The van der Waals surface area contributed by atoms with Gasteiger partial charge in [-0.3, -0.25) is 19.7 Å². The molecule has 3 aromatic rings. The third-order valence-electron chi connectivity index (χ3n) is 4.21. The van der Waals surface area contributed by atoms with Crippen LogP contribution in [0.15, 0.2) is 65.5 Å². The highest BCUT2D eigenvalue weighted by Gasteiger charge is 2.14. The highest BCUT2D eigenvalue weighted by molar-refractivity contribution is 5.94. The smallest absolute Gasteiger partial charge is 0.273 e. The largest absolute Gasteiger partial charge is 0.350 e. The molecular formula is C20H18N4O4. The predicted octanol–water partition coefficient (Wildman–Crippen LogP) is 2.56. The molecule has 0 unspecified atom stereocenters. The van der Waals surface area contributed by atoms with Crippen LogP contribution in [-0.4, -0.2) is 27.2 Å². The number of aromatic nitrogens is 2. The molecule has 1 N–H and O–H groups in total. The second-order valence-electron chi connectivity index (χ2n) is 6.16. The molecule has 0 atom stereocenters. The first-order chi connectivity index (χ1) is 13.5. The summed E-state index contributed by atoms with van der Waals surface area (Å²) in [5.41, 5.74) is 1.82. The molecule has 28 heavy (non-hydrogen) atoms. The summed E-state index contributed by atoms with van der Waals surface area (Å²) in [4.78, 5) is 34.8. The van der Waals surface area contributed by atoms with E-state index in [1.54, 1.807) is 13.0 Å². The van der Waals surface area contributed by atoms with Crippen LogP contribution in [-0.2, 0) is 6.54 Å². The summed E-state index contributed by atoms with van der Waals surface area (Å²) in [5, 5.41) is 18.0. The van der Waals surface area contributed by atoms with E-state index in [9.17, 15) is 19.7 Å². The molecule has 0 bridgehead atoms. The van der Waals surface area contributed by atoms with Gasteiger partial charge >= 0.3 is 0 Å². The van der Waals surface area contributed by atoms with Gasteiger partial charge in [0.25, 0.3) is 17.2 Å². The van der Waals surface area contributed by atoms with Crippen LogP contribution >= 0.6 is 0 Å². The molecule has 1 amide bonds. The van der Waals surface area contributed by atoms with Crippen LogP contribution in [0.3, 0.4) is 0 Å². The van der Waals surface area contributed by atoms with Crippen molar-refractivity contribution in [3.05, 3.63) is 92.3 Å². The fraction of sp³-hybridized carbons (Fsp3) is 0.150. The molecule has 0 aliphatic carbocycles. The molecule has 3 rings (SSSR count). The molecule has 0 saturated heterocycles. The quantitative estimate of drug-likeness (QED) is 0.524. The Morgan fingerprint density at radius 1 is 1.14 bits per heavy atom. The van der Waals surface area contributed by atoms with Crippen LogP contribution in [0.4, 0.5) is 5.69 Å². The lowest BCUT2D eigenvalue weighted by Crippen LogP contribution is -2.32. The molecular weight excluding hydrogens is 360 g/mol. The van der Waals surface area contributed by atoms with E-state index < -0.39 is 10.8 Å². The minimum atomic E-state index is -0.523. The number of hydrogen-bond donors (Lipinski definition) is 1. The summed E-state index contributed by atoms with van der Waals surface area (Å²) in [6.45, 7) is 1.95. The number of nitro benzene ring substituents is 1. The first-order valence-electron chi connectivity index (χ1n) is 8.62. The van der Waals surface area contributed by atoms with Crippen molar-refractivity contribution in [3.8, 4) is 11.3 Å².